The van der Waals surface area contributed by atoms with E-state index in [2.05, 4.69) is 30.6 Å². The Kier molecular flexibility index (Phi) is 6.46. The zero-order chi connectivity index (χ0) is 20.6. The van der Waals surface area contributed by atoms with Gasteiger partial charge in [-0.2, -0.15) is 5.11 Å². The first kappa shape index (κ1) is 19.9. The Bertz CT molecular complexity index is 978. The van der Waals surface area contributed by atoms with Crippen molar-refractivity contribution in [1.82, 2.24) is 20.2 Å². The zero-order valence-electron chi connectivity index (χ0n) is 15.4. The molecule has 0 amide bonds. The molecule has 0 saturated carbocycles. The summed E-state index contributed by atoms with van der Waals surface area (Å²) in [5, 5.41) is 14.5. The van der Waals surface area contributed by atoms with Crippen molar-refractivity contribution in [2.45, 2.75) is 13.3 Å². The molecule has 3 aromatic rings. The molecule has 0 radical (unpaired) electrons. The molecule has 148 valence electrons. The molecular weight excluding hydrogens is 380 g/mol. The molecule has 3 rings (SSSR count). The van der Waals surface area contributed by atoms with Crippen LogP contribution in [0.4, 0.5) is 14.5 Å². The Hall–Kier alpha value is -3.82. The monoisotopic (exact) mass is 397 g/mol. The summed E-state index contributed by atoms with van der Waals surface area (Å²) in [4.78, 5) is 8.13. The van der Waals surface area contributed by atoms with Gasteiger partial charge in [0.15, 0.2) is 0 Å². The van der Waals surface area contributed by atoms with Gasteiger partial charge in [0.1, 0.15) is 18.0 Å². The van der Waals surface area contributed by atoms with Gasteiger partial charge in [0, 0.05) is 29.7 Å². The standard InChI is InChI=1S/C19H17F2N7O/c1-12(26-22)17(25-14-4-2-13(3-5-14)19(20)21)11-29-18-7-6-15(27-28-18)16-10-23-8-9-24-16/h2-10,19,22,25H,11H2,1H3/b17-12-,26-22?. The minimum atomic E-state index is -2.53. The summed E-state index contributed by atoms with van der Waals surface area (Å²) in [5.41, 5.74) is 9.74. The molecule has 0 aliphatic heterocycles. The molecule has 1 aromatic carbocycles. The maximum Gasteiger partial charge on any atom is 0.263 e. The van der Waals surface area contributed by atoms with Crippen LogP contribution in [-0.4, -0.2) is 26.8 Å². The van der Waals surface area contributed by atoms with Crippen molar-refractivity contribution >= 4 is 5.69 Å². The summed E-state index contributed by atoms with van der Waals surface area (Å²) in [6.07, 6.45) is 2.17. The van der Waals surface area contributed by atoms with Crippen LogP contribution >= 0.6 is 0 Å². The average molecular weight is 397 g/mol. The van der Waals surface area contributed by atoms with Gasteiger partial charge in [-0.15, -0.1) is 10.2 Å². The molecule has 2 N–H and O–H groups in total. The predicted molar refractivity (Wildman–Crippen MR) is 101 cm³/mol. The highest BCUT2D eigenvalue weighted by Crippen LogP contribution is 2.22. The number of hydrogen-bond donors (Lipinski definition) is 2. The molecule has 8 nitrogen and oxygen atoms in total. The van der Waals surface area contributed by atoms with E-state index in [0.29, 0.717) is 28.5 Å². The van der Waals surface area contributed by atoms with E-state index in [0.717, 1.165) is 0 Å². The molecule has 0 unspecified atom stereocenters. The van der Waals surface area contributed by atoms with Gasteiger partial charge in [-0.05, 0) is 25.1 Å². The quantitative estimate of drug-likeness (QED) is 0.537. The first-order valence-corrected chi connectivity index (χ1v) is 8.52. The van der Waals surface area contributed by atoms with Crippen LogP contribution in [0.3, 0.4) is 0 Å². The zero-order valence-corrected chi connectivity index (χ0v) is 15.4. The summed E-state index contributed by atoms with van der Waals surface area (Å²) in [5.74, 6) is 0.266. The van der Waals surface area contributed by atoms with E-state index in [1.807, 2.05) is 0 Å². The van der Waals surface area contributed by atoms with Crippen LogP contribution in [0.5, 0.6) is 5.88 Å². The Balaban J connectivity index is 1.67. The van der Waals surface area contributed by atoms with Crippen LogP contribution in [0.2, 0.25) is 0 Å². The molecule has 10 heteroatoms. The van der Waals surface area contributed by atoms with Gasteiger partial charge in [-0.25, -0.2) is 14.3 Å². The second kappa shape index (κ2) is 9.40. The Morgan fingerprint density at radius 3 is 2.48 bits per heavy atom. The number of benzene rings is 1. The van der Waals surface area contributed by atoms with Crippen LogP contribution in [0, 0.1) is 5.53 Å². The fraction of sp³-hybridized carbons (Fsp3) is 0.158. The highest BCUT2D eigenvalue weighted by atomic mass is 19.3. The van der Waals surface area contributed by atoms with Gasteiger partial charge in [0.2, 0.25) is 5.88 Å². The lowest BCUT2D eigenvalue weighted by atomic mass is 10.2. The summed E-state index contributed by atoms with van der Waals surface area (Å²) >= 11 is 0. The van der Waals surface area contributed by atoms with Crippen molar-refractivity contribution in [2.75, 3.05) is 11.9 Å². The van der Waals surface area contributed by atoms with E-state index in [-0.39, 0.29) is 18.1 Å². The summed E-state index contributed by atoms with van der Waals surface area (Å²) in [7, 11) is 0. The van der Waals surface area contributed by atoms with Crippen LogP contribution in [0.1, 0.15) is 18.9 Å². The summed E-state index contributed by atoms with van der Waals surface area (Å²) < 4.78 is 31.0. The fourth-order valence-corrected chi connectivity index (χ4v) is 2.30. The van der Waals surface area contributed by atoms with E-state index in [4.69, 9.17) is 10.3 Å². The van der Waals surface area contributed by atoms with Crippen LogP contribution < -0.4 is 10.1 Å². The molecule has 29 heavy (non-hydrogen) atoms. The normalized spacial score (nSPS) is 11.7. The van der Waals surface area contributed by atoms with Crippen molar-refractivity contribution in [3.63, 3.8) is 0 Å². The number of alkyl halides is 2. The molecule has 2 aromatic heterocycles. The maximum absolute atomic E-state index is 12.7. The molecule has 0 bridgehead atoms. The van der Waals surface area contributed by atoms with Gasteiger partial charge in [-0.3, -0.25) is 9.97 Å². The topological polar surface area (TPSA) is 109 Å². The summed E-state index contributed by atoms with van der Waals surface area (Å²) in [6.45, 7) is 1.67. The van der Waals surface area contributed by atoms with E-state index < -0.39 is 6.43 Å². The smallest absolute Gasteiger partial charge is 0.263 e. The Morgan fingerprint density at radius 1 is 1.10 bits per heavy atom. The lowest BCUT2D eigenvalue weighted by Gasteiger charge is -2.13. The van der Waals surface area contributed by atoms with Crippen LogP contribution in [-0.2, 0) is 0 Å². The van der Waals surface area contributed by atoms with E-state index in [1.165, 1.54) is 24.3 Å². The molecule has 2 heterocycles. The van der Waals surface area contributed by atoms with E-state index in [9.17, 15) is 8.78 Å². The van der Waals surface area contributed by atoms with E-state index in [1.54, 1.807) is 37.6 Å². The number of nitrogens with one attached hydrogen (secondary N) is 2. The first-order chi connectivity index (χ1) is 14.1. The minimum absolute atomic E-state index is 0.0317. The third-order valence-corrected chi connectivity index (χ3v) is 3.89. The van der Waals surface area contributed by atoms with Gasteiger partial charge < -0.3 is 10.1 Å². The summed E-state index contributed by atoms with van der Waals surface area (Å²) in [6, 6.07) is 9.04. The number of ether oxygens (including phenoxy) is 1. The number of anilines is 1. The second-order valence-corrected chi connectivity index (χ2v) is 5.86. The van der Waals surface area contributed by atoms with Gasteiger partial charge in [0.25, 0.3) is 6.43 Å². The van der Waals surface area contributed by atoms with Crippen molar-refractivity contribution in [2.24, 2.45) is 5.11 Å². The molecule has 0 aliphatic carbocycles. The number of allylic oxidation sites excluding steroid dienone is 1. The molecule has 0 aliphatic rings. The number of hydrogen-bond acceptors (Lipinski definition) is 8. The minimum Gasteiger partial charge on any atom is -0.470 e. The number of halogens is 2. The van der Waals surface area contributed by atoms with Crippen molar-refractivity contribution in [1.29, 1.82) is 5.53 Å². The first-order valence-electron chi connectivity index (χ1n) is 8.52. The highest BCUT2D eigenvalue weighted by molar-refractivity contribution is 5.52. The Morgan fingerprint density at radius 2 is 1.90 bits per heavy atom. The second-order valence-electron chi connectivity index (χ2n) is 5.86. The lowest BCUT2D eigenvalue weighted by molar-refractivity contribution is 0.151. The predicted octanol–water partition coefficient (Wildman–Crippen LogP) is 4.62. The number of nitrogens with zero attached hydrogens (tertiary/aromatic N) is 5. The number of aromatic nitrogens is 4. The molecule has 0 saturated heterocycles. The third-order valence-electron chi connectivity index (χ3n) is 3.89. The lowest BCUT2D eigenvalue weighted by Crippen LogP contribution is -2.12. The number of rotatable bonds is 8. The maximum atomic E-state index is 12.7. The van der Waals surface area contributed by atoms with Crippen LogP contribution in [0.15, 0.2) is 71.5 Å². The fourth-order valence-electron chi connectivity index (χ4n) is 2.30. The van der Waals surface area contributed by atoms with Crippen molar-refractivity contribution in [3.05, 3.63) is 71.9 Å². The van der Waals surface area contributed by atoms with Crippen molar-refractivity contribution < 1.29 is 13.5 Å². The SMILES string of the molecule is C/C(N=N)=C(\COc1ccc(-c2cnccn2)nn1)Nc1ccc(C(F)F)cc1. The van der Waals surface area contributed by atoms with Gasteiger partial charge in [0.05, 0.1) is 17.6 Å². The average Bonchev–Trinajstić information content (AvgIpc) is 2.77. The third kappa shape index (κ3) is 5.34. The molecular formula is C19H17F2N7O. The van der Waals surface area contributed by atoms with Crippen molar-refractivity contribution in [3.8, 4) is 17.3 Å². The molecule has 0 fully saturated rings. The largest absolute Gasteiger partial charge is 0.470 e. The van der Waals surface area contributed by atoms with Crippen LogP contribution in [0.25, 0.3) is 11.4 Å². The van der Waals surface area contributed by atoms with Gasteiger partial charge >= 0.3 is 0 Å². The Labute approximate surface area is 165 Å². The molecule has 0 atom stereocenters. The molecule has 0 spiro atoms. The highest BCUT2D eigenvalue weighted by Gasteiger charge is 2.09. The van der Waals surface area contributed by atoms with E-state index >= 15 is 0 Å². The van der Waals surface area contributed by atoms with Gasteiger partial charge in [-0.1, -0.05) is 12.1 Å².